The van der Waals surface area contributed by atoms with E-state index in [0.717, 1.165) is 0 Å². The molecule has 0 bridgehead atoms. The Balaban J connectivity index is -0.00000000300. The average molecular weight is 208 g/mol. The molecule has 71 valence electrons. The molecule has 0 atom stereocenters. The van der Waals surface area contributed by atoms with E-state index in [1.54, 1.807) is 0 Å². The molecule has 0 heterocycles. The second-order valence-electron chi connectivity index (χ2n) is 0.250. The molecular formula is CH9NiO8. The zero-order valence-corrected chi connectivity index (χ0v) is 5.48. The molecule has 0 spiro atoms. The van der Waals surface area contributed by atoms with E-state index in [1.165, 1.54) is 0 Å². The Kier molecular flexibility index (Phi) is 796. The molecule has 10 heavy (non-hydrogen) atoms. The molecular weight excluding hydrogens is 199 g/mol. The molecule has 0 aromatic heterocycles. The largest absolute Gasteiger partial charge is 3.00 e. The summed E-state index contributed by atoms with van der Waals surface area (Å²) in [6.07, 6.45) is -2.33. The zero-order chi connectivity index (χ0) is 3.58. The van der Waals surface area contributed by atoms with Gasteiger partial charge in [-0.1, -0.05) is 0 Å². The van der Waals surface area contributed by atoms with Crippen LogP contribution in [0.5, 0.6) is 0 Å². The predicted octanol–water partition coefficient (Wildman–Crippen LogP) is -5.93. The maximum atomic E-state index is 8.33. The molecule has 0 amide bonds. The van der Waals surface area contributed by atoms with Crippen molar-refractivity contribution in [3.05, 3.63) is 0 Å². The third kappa shape index (κ3) is 1710. The molecule has 0 unspecified atom stereocenters. The van der Waals surface area contributed by atoms with Crippen molar-refractivity contribution in [3.8, 4) is 0 Å². The van der Waals surface area contributed by atoms with Crippen LogP contribution in [0.4, 0.5) is 4.79 Å². The van der Waals surface area contributed by atoms with Gasteiger partial charge in [-0.25, -0.2) is 0 Å². The summed E-state index contributed by atoms with van der Waals surface area (Å²) in [6.45, 7) is 0. The van der Waals surface area contributed by atoms with Gasteiger partial charge in [0.25, 0.3) is 0 Å². The van der Waals surface area contributed by atoms with E-state index in [4.69, 9.17) is 15.0 Å². The number of carbonyl (C=O) groups is 1. The Morgan fingerprint density at radius 2 is 0.900 bits per heavy atom. The van der Waals surface area contributed by atoms with E-state index in [9.17, 15) is 0 Å². The Morgan fingerprint density at radius 1 is 0.900 bits per heavy atom. The molecule has 0 aliphatic carbocycles. The summed E-state index contributed by atoms with van der Waals surface area (Å²) in [5.41, 5.74) is 0. The number of hydrogen-bond donors (Lipinski definition) is 0. The molecule has 0 rings (SSSR count). The summed E-state index contributed by atoms with van der Waals surface area (Å²) in [7, 11) is 0. The fourth-order valence-electron chi connectivity index (χ4n) is 0. The molecule has 8 nitrogen and oxygen atoms in total. The normalized spacial score (nSPS) is 2.40. The fraction of sp³-hybridized carbons (Fsp3) is 0. The van der Waals surface area contributed by atoms with Crippen molar-refractivity contribution in [2.45, 2.75) is 0 Å². The summed E-state index contributed by atoms with van der Waals surface area (Å²) < 4.78 is 0. The van der Waals surface area contributed by atoms with Crippen LogP contribution in [0, 0.1) is 0 Å². The molecule has 0 saturated carbocycles. The van der Waals surface area contributed by atoms with Crippen molar-refractivity contribution in [1.82, 2.24) is 0 Å². The van der Waals surface area contributed by atoms with Crippen molar-refractivity contribution >= 4 is 6.16 Å². The Hall–Kier alpha value is -0.436. The van der Waals surface area contributed by atoms with Crippen molar-refractivity contribution in [2.75, 3.05) is 0 Å². The van der Waals surface area contributed by atoms with Gasteiger partial charge < -0.3 is 42.4 Å². The van der Waals surface area contributed by atoms with Crippen molar-refractivity contribution in [2.24, 2.45) is 0 Å². The summed E-state index contributed by atoms with van der Waals surface area (Å²) >= 11 is 0. The number of carboxylic acid groups (broad SMARTS) is 2. The van der Waals surface area contributed by atoms with Crippen molar-refractivity contribution in [1.29, 1.82) is 0 Å². The Bertz CT molecular complexity index is 32.2. The first-order valence-electron chi connectivity index (χ1n) is 0.612. The van der Waals surface area contributed by atoms with Gasteiger partial charge in [-0.15, -0.1) is 0 Å². The molecule has 0 aliphatic heterocycles. The van der Waals surface area contributed by atoms with E-state index in [-0.39, 0.29) is 43.9 Å². The van der Waals surface area contributed by atoms with Crippen LogP contribution >= 0.6 is 0 Å². The molecule has 0 aromatic carbocycles. The molecule has 9 N–H and O–H groups in total. The van der Waals surface area contributed by atoms with Crippen LogP contribution < -0.4 is 10.2 Å². The predicted molar refractivity (Wildman–Crippen MR) is 21.8 cm³/mol. The van der Waals surface area contributed by atoms with Gasteiger partial charge in [0.15, 0.2) is 0 Å². The average Bonchev–Trinajstić information content (AvgIpc) is 0.811. The van der Waals surface area contributed by atoms with Crippen LogP contribution in [-0.4, -0.2) is 33.5 Å². The first-order valence-corrected chi connectivity index (χ1v) is 0.612. The first-order chi connectivity index (χ1) is 1.73. The number of hydrogen-bond acceptors (Lipinski definition) is 4. The topological polar surface area (TPSA) is 219 Å². The van der Waals surface area contributed by atoms with Gasteiger partial charge in [0.05, 0.1) is 0 Å². The van der Waals surface area contributed by atoms with Crippen LogP contribution in [0.15, 0.2) is 0 Å². The summed E-state index contributed by atoms with van der Waals surface area (Å²) in [6, 6.07) is 0. The number of carbonyl (C=O) groups excluding carboxylic acids is 1. The second-order valence-corrected chi connectivity index (χ2v) is 0.250. The quantitative estimate of drug-likeness (QED) is 0.354. The first kappa shape index (κ1) is 107. The maximum absolute atomic E-state index is 8.33. The molecule has 1 radical (unpaired) electrons. The second kappa shape index (κ2) is 74.5. The molecule has 0 saturated heterocycles. The van der Waals surface area contributed by atoms with Crippen LogP contribution in [0.3, 0.4) is 0 Å². The minimum Gasteiger partial charge on any atom is -0.870 e. The fourth-order valence-corrected chi connectivity index (χ4v) is 0. The SMILES string of the molecule is O.O.O.O.O=C([O-])[O-].[Ni+3].[OH-]. The molecule has 0 aliphatic rings. The van der Waals surface area contributed by atoms with Gasteiger partial charge >= 0.3 is 16.5 Å². The van der Waals surface area contributed by atoms with Crippen molar-refractivity contribution < 1.29 is 58.9 Å². The van der Waals surface area contributed by atoms with Gasteiger partial charge in [-0.2, -0.15) is 0 Å². The van der Waals surface area contributed by atoms with E-state index in [1.807, 2.05) is 0 Å². The third-order valence-electron chi connectivity index (χ3n) is 0. The van der Waals surface area contributed by atoms with Crippen LogP contribution in [0.25, 0.3) is 0 Å². The molecule has 0 aromatic rings. The van der Waals surface area contributed by atoms with Gasteiger partial charge in [0.1, 0.15) is 0 Å². The minimum atomic E-state index is -2.33. The minimum absolute atomic E-state index is 0. The van der Waals surface area contributed by atoms with E-state index in [2.05, 4.69) is 0 Å². The van der Waals surface area contributed by atoms with E-state index in [0.29, 0.717) is 0 Å². The van der Waals surface area contributed by atoms with Gasteiger partial charge in [-0.3, -0.25) is 0 Å². The van der Waals surface area contributed by atoms with Crippen LogP contribution in [-0.2, 0) is 16.5 Å². The smallest absolute Gasteiger partial charge is 0.870 e. The molecule has 9 heteroatoms. The van der Waals surface area contributed by atoms with E-state index >= 15 is 0 Å². The summed E-state index contributed by atoms with van der Waals surface area (Å²) in [5.74, 6) is 0. The Labute approximate surface area is 65.9 Å². The van der Waals surface area contributed by atoms with Gasteiger partial charge in [0, 0.05) is 0 Å². The van der Waals surface area contributed by atoms with E-state index < -0.39 is 6.16 Å². The summed E-state index contributed by atoms with van der Waals surface area (Å²) in [5, 5.41) is 16.7. The zero-order valence-electron chi connectivity index (χ0n) is 4.49. The van der Waals surface area contributed by atoms with Crippen LogP contribution in [0.1, 0.15) is 0 Å². The summed E-state index contributed by atoms with van der Waals surface area (Å²) in [4.78, 5) is 8.33. The maximum Gasteiger partial charge on any atom is 3.00 e. The van der Waals surface area contributed by atoms with Crippen LogP contribution in [0.2, 0.25) is 0 Å². The van der Waals surface area contributed by atoms with Crippen molar-refractivity contribution in [3.63, 3.8) is 0 Å². The van der Waals surface area contributed by atoms with Gasteiger partial charge in [0.2, 0.25) is 0 Å². The standard InChI is InChI=1S/CH2O3.Ni.5H2O/c2-1(3)4;;;;;;/h(H2,2,3,4);;5*1H2/q;+3;;;;;/p-3. The third-order valence-corrected chi connectivity index (χ3v) is 0. The molecule has 0 fully saturated rings. The monoisotopic (exact) mass is 207 g/mol. The Morgan fingerprint density at radius 3 is 0.900 bits per heavy atom. The number of rotatable bonds is 0. The van der Waals surface area contributed by atoms with Gasteiger partial charge in [-0.05, 0) is 6.16 Å².